The van der Waals surface area contributed by atoms with Gasteiger partial charge in [-0.3, -0.25) is 4.79 Å². The van der Waals surface area contributed by atoms with Crippen LogP contribution in [0.1, 0.15) is 39.5 Å². The van der Waals surface area contributed by atoms with Crippen molar-refractivity contribution in [3.8, 4) is 0 Å². The Morgan fingerprint density at radius 2 is 2.27 bits per heavy atom. The molecule has 0 fully saturated rings. The molecule has 0 heterocycles. The van der Waals surface area contributed by atoms with Crippen LogP contribution in [0.25, 0.3) is 0 Å². The van der Waals surface area contributed by atoms with Crippen LogP contribution in [-0.4, -0.2) is 12.1 Å². The number of nitrogens with zero attached hydrogens (tertiary/aromatic N) is 1. The second kappa shape index (κ2) is 7.25. The minimum absolute atomic E-state index is 0.0299. The van der Waals surface area contributed by atoms with E-state index in [0.717, 1.165) is 19.3 Å². The van der Waals surface area contributed by atoms with Crippen LogP contribution in [0.15, 0.2) is 5.10 Å². The molecule has 0 aromatic carbocycles. The second-order valence-electron chi connectivity index (χ2n) is 2.34. The molecule has 0 rings (SSSR count). The molecule has 0 aliphatic carbocycles. The fraction of sp³-hybridized carbons (Fsp3) is 0.750. The van der Waals surface area contributed by atoms with Gasteiger partial charge in [0.1, 0.15) is 0 Å². The molecule has 0 unspecified atom stereocenters. The van der Waals surface area contributed by atoms with Gasteiger partial charge in [-0.2, -0.15) is 5.10 Å². The summed E-state index contributed by atoms with van der Waals surface area (Å²) in [4.78, 5) is 10.6. The summed E-state index contributed by atoms with van der Waals surface area (Å²) in [5.41, 5.74) is 2.42. The molecule has 0 atom stereocenters. The molecule has 0 spiro atoms. The topological polar surface area (TPSA) is 41.5 Å². The first-order chi connectivity index (χ1) is 5.31. The van der Waals surface area contributed by atoms with Crippen LogP contribution < -0.4 is 5.43 Å². The summed E-state index contributed by atoms with van der Waals surface area (Å²) in [6.45, 7) is 3.93. The fourth-order valence-corrected chi connectivity index (χ4v) is 0.557. The summed E-state index contributed by atoms with van der Waals surface area (Å²) in [5, 5.41) is 3.76. The highest BCUT2D eigenvalue weighted by atomic mass is 16.2. The lowest BCUT2D eigenvalue weighted by molar-refractivity contribution is -0.120. The maximum Gasteiger partial charge on any atom is 0.239 e. The number of carbonyl (C=O) groups excluding carboxylic acids is 1. The molecule has 64 valence electrons. The van der Waals surface area contributed by atoms with Gasteiger partial charge < -0.3 is 0 Å². The third-order valence-electron chi connectivity index (χ3n) is 1.29. The summed E-state index contributed by atoms with van der Waals surface area (Å²) < 4.78 is 0. The van der Waals surface area contributed by atoms with E-state index in [-0.39, 0.29) is 5.91 Å². The van der Waals surface area contributed by atoms with Gasteiger partial charge in [-0.05, 0) is 12.8 Å². The zero-order valence-corrected chi connectivity index (χ0v) is 7.26. The van der Waals surface area contributed by atoms with Crippen molar-refractivity contribution in [3.63, 3.8) is 0 Å². The van der Waals surface area contributed by atoms with Gasteiger partial charge in [-0.1, -0.05) is 20.3 Å². The molecular weight excluding hydrogens is 140 g/mol. The number of carbonyl (C=O) groups is 1. The second-order valence-corrected chi connectivity index (χ2v) is 2.34. The van der Waals surface area contributed by atoms with Crippen LogP contribution in [0.4, 0.5) is 0 Å². The number of amides is 1. The summed E-state index contributed by atoms with van der Waals surface area (Å²) in [6, 6.07) is 0. The largest absolute Gasteiger partial charge is 0.273 e. The van der Waals surface area contributed by atoms with E-state index in [1.54, 1.807) is 13.1 Å². The van der Waals surface area contributed by atoms with E-state index in [2.05, 4.69) is 17.5 Å². The van der Waals surface area contributed by atoms with Gasteiger partial charge in [0, 0.05) is 12.6 Å². The monoisotopic (exact) mass is 156 g/mol. The Morgan fingerprint density at radius 3 is 2.82 bits per heavy atom. The third kappa shape index (κ3) is 7.03. The van der Waals surface area contributed by atoms with E-state index in [1.807, 2.05) is 0 Å². The highest BCUT2D eigenvalue weighted by Gasteiger charge is 1.89. The number of hydrazone groups is 1. The Labute approximate surface area is 67.9 Å². The molecule has 3 heteroatoms. The van der Waals surface area contributed by atoms with Gasteiger partial charge >= 0.3 is 0 Å². The number of unbranched alkanes of at least 4 members (excludes halogenated alkanes) is 2. The zero-order chi connectivity index (χ0) is 8.53. The molecule has 0 aromatic rings. The van der Waals surface area contributed by atoms with Crippen LogP contribution >= 0.6 is 0 Å². The standard InChI is InChI=1S/C8H16N2O/c1-3-5-6-7-9-10-8(11)4-2/h7H,3-6H2,1-2H3,(H,10,11)/b9-7-. The number of hydrogen-bond donors (Lipinski definition) is 1. The average molecular weight is 156 g/mol. The Balaban J connectivity index is 3.22. The van der Waals surface area contributed by atoms with Gasteiger partial charge in [0.15, 0.2) is 0 Å². The lowest BCUT2D eigenvalue weighted by Crippen LogP contribution is -2.15. The van der Waals surface area contributed by atoms with E-state index in [0.29, 0.717) is 6.42 Å². The van der Waals surface area contributed by atoms with Gasteiger partial charge in [-0.25, -0.2) is 5.43 Å². The van der Waals surface area contributed by atoms with E-state index in [4.69, 9.17) is 0 Å². The van der Waals surface area contributed by atoms with Crippen molar-refractivity contribution >= 4 is 12.1 Å². The molecule has 1 N–H and O–H groups in total. The third-order valence-corrected chi connectivity index (χ3v) is 1.29. The first-order valence-corrected chi connectivity index (χ1v) is 4.11. The minimum Gasteiger partial charge on any atom is -0.273 e. The van der Waals surface area contributed by atoms with E-state index in [1.165, 1.54) is 0 Å². The first-order valence-electron chi connectivity index (χ1n) is 4.11. The lowest BCUT2D eigenvalue weighted by Gasteiger charge is -1.93. The normalized spacial score (nSPS) is 10.4. The van der Waals surface area contributed by atoms with Crippen LogP contribution in [0.5, 0.6) is 0 Å². The first kappa shape index (κ1) is 10.1. The molecule has 11 heavy (non-hydrogen) atoms. The quantitative estimate of drug-likeness (QED) is 0.367. The zero-order valence-electron chi connectivity index (χ0n) is 7.26. The van der Waals surface area contributed by atoms with Gasteiger partial charge in [0.25, 0.3) is 0 Å². The predicted octanol–water partition coefficient (Wildman–Crippen LogP) is 1.69. The van der Waals surface area contributed by atoms with Gasteiger partial charge in [0.05, 0.1) is 0 Å². The molecule has 0 saturated carbocycles. The number of hydrogen-bond acceptors (Lipinski definition) is 2. The van der Waals surface area contributed by atoms with Crippen LogP contribution in [0.3, 0.4) is 0 Å². The van der Waals surface area contributed by atoms with Crippen molar-refractivity contribution in [2.45, 2.75) is 39.5 Å². The summed E-state index contributed by atoms with van der Waals surface area (Å²) in [5.74, 6) is -0.0299. The van der Waals surface area contributed by atoms with Gasteiger partial charge in [-0.15, -0.1) is 0 Å². The Hall–Kier alpha value is -0.860. The van der Waals surface area contributed by atoms with E-state index >= 15 is 0 Å². The van der Waals surface area contributed by atoms with Crippen LogP contribution in [0, 0.1) is 0 Å². The van der Waals surface area contributed by atoms with Crippen molar-refractivity contribution in [2.75, 3.05) is 0 Å². The molecule has 1 amide bonds. The summed E-state index contributed by atoms with van der Waals surface area (Å²) in [7, 11) is 0. The predicted molar refractivity (Wildman–Crippen MR) is 46.5 cm³/mol. The van der Waals surface area contributed by atoms with Crippen molar-refractivity contribution < 1.29 is 4.79 Å². The SMILES string of the molecule is CCCC/C=N\NC(=O)CC. The molecule has 0 aliphatic rings. The molecular formula is C8H16N2O. The van der Waals surface area contributed by atoms with E-state index in [9.17, 15) is 4.79 Å². The Morgan fingerprint density at radius 1 is 1.55 bits per heavy atom. The maximum absolute atomic E-state index is 10.6. The lowest BCUT2D eigenvalue weighted by atomic mass is 10.3. The maximum atomic E-state index is 10.6. The van der Waals surface area contributed by atoms with Crippen molar-refractivity contribution in [1.82, 2.24) is 5.43 Å². The highest BCUT2D eigenvalue weighted by molar-refractivity contribution is 5.76. The van der Waals surface area contributed by atoms with Crippen LogP contribution in [0.2, 0.25) is 0 Å². The Bertz CT molecular complexity index is 132. The van der Waals surface area contributed by atoms with Crippen molar-refractivity contribution in [1.29, 1.82) is 0 Å². The summed E-state index contributed by atoms with van der Waals surface area (Å²) >= 11 is 0. The number of rotatable bonds is 5. The van der Waals surface area contributed by atoms with Crippen LogP contribution in [-0.2, 0) is 4.79 Å². The fourth-order valence-electron chi connectivity index (χ4n) is 0.557. The minimum atomic E-state index is -0.0299. The summed E-state index contributed by atoms with van der Waals surface area (Å²) in [6.07, 6.45) is 5.47. The average Bonchev–Trinajstić information content (AvgIpc) is 2.04. The highest BCUT2D eigenvalue weighted by Crippen LogP contribution is 1.88. The molecule has 0 radical (unpaired) electrons. The smallest absolute Gasteiger partial charge is 0.239 e. The van der Waals surface area contributed by atoms with E-state index < -0.39 is 0 Å². The van der Waals surface area contributed by atoms with Crippen molar-refractivity contribution in [3.05, 3.63) is 0 Å². The molecule has 0 saturated heterocycles. The molecule has 0 aromatic heterocycles. The molecule has 3 nitrogen and oxygen atoms in total. The molecule has 0 bridgehead atoms. The number of nitrogens with one attached hydrogen (secondary N) is 1. The van der Waals surface area contributed by atoms with Crippen molar-refractivity contribution in [2.24, 2.45) is 5.10 Å². The molecule has 0 aliphatic heterocycles. The Kier molecular flexibility index (Phi) is 6.68. The van der Waals surface area contributed by atoms with Gasteiger partial charge in [0.2, 0.25) is 5.91 Å².